The molecule has 0 spiro atoms. The fraction of sp³-hybridized carbons (Fsp3) is 0.308. The second-order valence-corrected chi connectivity index (χ2v) is 3.88. The molecule has 0 radical (unpaired) electrons. The minimum Gasteiger partial charge on any atom is -0.457 e. The number of hydrogen-bond donors (Lipinski definition) is 1. The van der Waals surface area contributed by atoms with E-state index >= 15 is 0 Å². The molecule has 0 bridgehead atoms. The van der Waals surface area contributed by atoms with Gasteiger partial charge in [0.25, 0.3) is 0 Å². The second-order valence-electron chi connectivity index (χ2n) is 3.88. The maximum Gasteiger partial charge on any atom is 0.416 e. The summed E-state index contributed by atoms with van der Waals surface area (Å²) in [6, 6.07) is 9.52. The number of ether oxygens (including phenoxy) is 1. The maximum atomic E-state index is 11.5. The Bertz CT molecular complexity index is 493. The average molecular weight is 261 g/mol. The van der Waals surface area contributed by atoms with Crippen molar-refractivity contribution in [3.05, 3.63) is 41.4 Å². The van der Waals surface area contributed by atoms with E-state index in [-0.39, 0.29) is 25.2 Å². The number of carbonyl (C=O) groups is 2. The van der Waals surface area contributed by atoms with Gasteiger partial charge in [0.05, 0.1) is 13.0 Å². The molecule has 0 saturated heterocycles. The molecule has 1 aromatic carbocycles. The Labute approximate surface area is 110 Å². The van der Waals surface area contributed by atoms with Crippen molar-refractivity contribution in [3.8, 4) is 0 Å². The van der Waals surface area contributed by atoms with E-state index in [1.165, 1.54) is 0 Å². The minimum absolute atomic E-state index is 0.0317. The van der Waals surface area contributed by atoms with Crippen LogP contribution >= 0.6 is 0 Å². The van der Waals surface area contributed by atoms with Gasteiger partial charge >= 0.3 is 11.7 Å². The van der Waals surface area contributed by atoms with Crippen molar-refractivity contribution in [1.82, 2.24) is 0 Å². The van der Waals surface area contributed by atoms with Crippen molar-refractivity contribution in [2.24, 2.45) is 5.73 Å². The van der Waals surface area contributed by atoms with Crippen LogP contribution in [0.1, 0.15) is 18.4 Å². The van der Waals surface area contributed by atoms with Gasteiger partial charge in [0.1, 0.15) is 0 Å². The Morgan fingerprint density at radius 2 is 1.89 bits per heavy atom. The largest absolute Gasteiger partial charge is 0.457 e. The van der Waals surface area contributed by atoms with E-state index in [0.29, 0.717) is 6.42 Å². The van der Waals surface area contributed by atoms with Crippen LogP contribution in [0.25, 0.3) is 5.53 Å². The van der Waals surface area contributed by atoms with Crippen LogP contribution in [0.3, 0.4) is 0 Å². The van der Waals surface area contributed by atoms with Crippen LogP contribution in [0.2, 0.25) is 0 Å². The smallest absolute Gasteiger partial charge is 0.416 e. The first-order valence-corrected chi connectivity index (χ1v) is 5.83. The van der Waals surface area contributed by atoms with Gasteiger partial charge in [0.15, 0.2) is 0 Å². The topological polar surface area (TPSA) is 106 Å². The van der Waals surface area contributed by atoms with Gasteiger partial charge in [-0.05, 0) is 5.56 Å². The third-order valence-electron chi connectivity index (χ3n) is 2.43. The Morgan fingerprint density at radius 1 is 1.21 bits per heavy atom. The van der Waals surface area contributed by atoms with Gasteiger partial charge in [-0.15, -0.1) is 0 Å². The molecule has 1 rings (SSSR count). The number of nitrogens with zero attached hydrogens (tertiary/aromatic N) is 2. The van der Waals surface area contributed by atoms with Gasteiger partial charge in [-0.2, -0.15) is 4.79 Å². The fourth-order valence-electron chi connectivity index (χ4n) is 1.42. The second kappa shape index (κ2) is 7.79. The monoisotopic (exact) mass is 261 g/mol. The molecule has 6 nitrogen and oxygen atoms in total. The van der Waals surface area contributed by atoms with Crippen molar-refractivity contribution in [3.63, 3.8) is 0 Å². The van der Waals surface area contributed by atoms with Crippen molar-refractivity contribution < 1.29 is 19.1 Å². The average Bonchev–Trinajstić information content (AvgIpc) is 2.40. The van der Waals surface area contributed by atoms with Crippen LogP contribution in [-0.4, -0.2) is 29.0 Å². The fourth-order valence-corrected chi connectivity index (χ4v) is 1.42. The summed E-state index contributed by atoms with van der Waals surface area (Å²) in [6.07, 6.45) is 0.476. The lowest BCUT2D eigenvalue weighted by Crippen LogP contribution is -2.22. The molecule has 1 amide bonds. The highest BCUT2D eigenvalue weighted by Crippen LogP contribution is 2.00. The van der Waals surface area contributed by atoms with Gasteiger partial charge in [0, 0.05) is 12.8 Å². The molecule has 0 aliphatic heterocycles. The van der Waals surface area contributed by atoms with E-state index < -0.39 is 11.9 Å². The molecule has 0 heterocycles. The number of hydrogen-bond acceptors (Lipinski definition) is 3. The molecular weight excluding hydrogens is 246 g/mol. The van der Waals surface area contributed by atoms with Crippen LogP contribution < -0.4 is 5.73 Å². The first-order valence-electron chi connectivity index (χ1n) is 5.83. The number of esters is 1. The number of amides is 1. The van der Waals surface area contributed by atoms with E-state index in [4.69, 9.17) is 16.0 Å². The molecular formula is C13H15N3O3. The Hall–Kier alpha value is -2.46. The van der Waals surface area contributed by atoms with E-state index in [0.717, 1.165) is 5.56 Å². The van der Waals surface area contributed by atoms with Crippen molar-refractivity contribution in [2.45, 2.75) is 19.3 Å². The van der Waals surface area contributed by atoms with Gasteiger partial charge in [0.2, 0.25) is 5.91 Å². The third kappa shape index (κ3) is 5.61. The minimum atomic E-state index is -0.736. The van der Waals surface area contributed by atoms with Crippen LogP contribution in [0.5, 0.6) is 0 Å². The normalized spacial score (nSPS) is 9.47. The molecule has 100 valence electrons. The molecule has 19 heavy (non-hydrogen) atoms. The van der Waals surface area contributed by atoms with E-state index in [2.05, 4.69) is 4.79 Å². The Morgan fingerprint density at radius 3 is 2.47 bits per heavy atom. The van der Waals surface area contributed by atoms with Crippen molar-refractivity contribution >= 4 is 17.6 Å². The third-order valence-corrected chi connectivity index (χ3v) is 2.43. The van der Waals surface area contributed by atoms with E-state index in [1.807, 2.05) is 30.3 Å². The number of rotatable bonds is 7. The predicted octanol–water partition coefficient (Wildman–Crippen LogP) is 0.709. The van der Waals surface area contributed by atoms with Crippen LogP contribution in [0, 0.1) is 0 Å². The van der Waals surface area contributed by atoms with E-state index in [9.17, 15) is 9.59 Å². The predicted molar refractivity (Wildman–Crippen MR) is 68.2 cm³/mol. The molecule has 0 fully saturated rings. The van der Waals surface area contributed by atoms with Crippen molar-refractivity contribution in [1.29, 1.82) is 0 Å². The number of nitrogens with two attached hydrogens (primary N) is 1. The van der Waals surface area contributed by atoms with Crippen molar-refractivity contribution in [2.75, 3.05) is 6.61 Å². The van der Waals surface area contributed by atoms with E-state index in [1.54, 1.807) is 0 Å². The van der Waals surface area contributed by atoms with Gasteiger partial charge in [-0.1, -0.05) is 30.3 Å². The van der Waals surface area contributed by atoms with Crippen LogP contribution in [0.15, 0.2) is 30.3 Å². The first-order chi connectivity index (χ1) is 9.13. The number of primary amides is 1. The lowest BCUT2D eigenvalue weighted by Gasteiger charge is -2.02. The zero-order chi connectivity index (χ0) is 14.1. The van der Waals surface area contributed by atoms with Crippen LogP contribution in [0.4, 0.5) is 0 Å². The lowest BCUT2D eigenvalue weighted by molar-refractivity contribution is -0.140. The summed E-state index contributed by atoms with van der Waals surface area (Å²) >= 11 is 0. The summed E-state index contributed by atoms with van der Waals surface area (Å²) < 4.78 is 4.95. The van der Waals surface area contributed by atoms with Gasteiger partial charge < -0.3 is 16.0 Å². The maximum absolute atomic E-state index is 11.5. The summed E-state index contributed by atoms with van der Waals surface area (Å²) in [6.45, 7) is 0.179. The highest BCUT2D eigenvalue weighted by Gasteiger charge is 2.22. The zero-order valence-electron chi connectivity index (χ0n) is 10.4. The molecule has 0 aromatic heterocycles. The number of benzene rings is 1. The molecule has 1 aromatic rings. The summed E-state index contributed by atoms with van der Waals surface area (Å²) in [5.74, 6) is -1.31. The molecule has 0 atom stereocenters. The summed E-state index contributed by atoms with van der Waals surface area (Å²) in [5.41, 5.74) is 14.4. The number of carbonyl (C=O) groups excluding carboxylic acids is 2. The highest BCUT2D eigenvalue weighted by molar-refractivity contribution is 6.34. The summed E-state index contributed by atoms with van der Waals surface area (Å²) in [7, 11) is 0. The lowest BCUT2D eigenvalue weighted by atomic mass is 10.2. The molecule has 2 N–H and O–H groups in total. The Kier molecular flexibility index (Phi) is 5.98. The van der Waals surface area contributed by atoms with Gasteiger partial charge in [-0.25, -0.2) is 4.79 Å². The Balaban J connectivity index is 2.37. The summed E-state index contributed by atoms with van der Waals surface area (Å²) in [5, 5.41) is 0. The standard InChI is InChI=1S/C13H15N3O3/c14-12(17)7-6-11(16-15)13(18)19-9-8-10-4-2-1-3-5-10/h1-5H,6-9H2,(H2,14,17). The molecule has 0 aliphatic rings. The molecule has 0 aliphatic carbocycles. The summed E-state index contributed by atoms with van der Waals surface area (Å²) in [4.78, 5) is 24.9. The highest BCUT2D eigenvalue weighted by atomic mass is 16.5. The molecule has 6 heteroatoms. The quantitative estimate of drug-likeness (QED) is 0.338. The SMILES string of the molecule is [N-]=[N+]=C(CCC(N)=O)C(=O)OCCc1ccccc1. The zero-order valence-corrected chi connectivity index (χ0v) is 10.4. The molecule has 0 saturated carbocycles. The van der Waals surface area contributed by atoms with Crippen LogP contribution in [-0.2, 0) is 20.7 Å². The first kappa shape index (κ1) is 14.6. The molecule has 0 unspecified atom stereocenters. The van der Waals surface area contributed by atoms with Gasteiger partial charge in [-0.3, -0.25) is 4.79 Å².